The molecule has 3 heterocycles. The zero-order valence-corrected chi connectivity index (χ0v) is 18.3. The second kappa shape index (κ2) is 9.31. The van der Waals surface area contributed by atoms with Crippen LogP contribution in [-0.4, -0.2) is 58.8 Å². The monoisotopic (exact) mass is 437 g/mol. The van der Waals surface area contributed by atoms with E-state index in [0.717, 1.165) is 33.2 Å². The van der Waals surface area contributed by atoms with Crippen molar-refractivity contribution in [1.29, 1.82) is 0 Å². The molecule has 31 heavy (non-hydrogen) atoms. The summed E-state index contributed by atoms with van der Waals surface area (Å²) in [5, 5.41) is 9.41. The molecule has 1 aliphatic rings. The van der Waals surface area contributed by atoms with Crippen LogP contribution in [0.3, 0.4) is 0 Å². The van der Waals surface area contributed by atoms with E-state index < -0.39 is 0 Å². The van der Waals surface area contributed by atoms with Crippen molar-refractivity contribution in [2.45, 2.75) is 13.8 Å². The maximum absolute atomic E-state index is 12.6. The van der Waals surface area contributed by atoms with Gasteiger partial charge in [-0.05, 0) is 61.4 Å². The molecule has 8 heteroatoms. The minimum absolute atomic E-state index is 0.0140. The van der Waals surface area contributed by atoms with E-state index in [1.165, 1.54) is 0 Å². The Hall–Kier alpha value is -3.19. The van der Waals surface area contributed by atoms with Gasteiger partial charge in [0.25, 0.3) is 5.91 Å². The molecule has 0 aliphatic carbocycles. The van der Waals surface area contributed by atoms with Crippen molar-refractivity contribution in [2.24, 2.45) is 0 Å². The van der Waals surface area contributed by atoms with E-state index in [2.05, 4.69) is 20.1 Å². The van der Waals surface area contributed by atoms with Crippen molar-refractivity contribution in [1.82, 2.24) is 20.1 Å². The lowest BCUT2D eigenvalue weighted by atomic mass is 10.1. The van der Waals surface area contributed by atoms with Crippen LogP contribution in [0.5, 0.6) is 5.75 Å². The lowest BCUT2D eigenvalue weighted by Crippen LogP contribution is -2.50. The molecule has 0 atom stereocenters. The predicted octanol–water partition coefficient (Wildman–Crippen LogP) is 3.54. The van der Waals surface area contributed by atoms with Gasteiger partial charge < -0.3 is 14.5 Å². The van der Waals surface area contributed by atoms with E-state index in [1.54, 1.807) is 12.4 Å². The summed E-state index contributed by atoms with van der Waals surface area (Å²) in [5.74, 6) is 1.45. The Kier molecular flexibility index (Phi) is 6.32. The number of carbonyl (C=O) groups excluding carboxylic acids is 1. The number of carbonyl (C=O) groups is 1. The number of amides is 1. The maximum Gasteiger partial charge on any atom is 0.260 e. The van der Waals surface area contributed by atoms with Gasteiger partial charge in [-0.15, -0.1) is 10.2 Å². The van der Waals surface area contributed by atoms with Crippen LogP contribution in [-0.2, 0) is 4.79 Å². The van der Waals surface area contributed by atoms with Crippen molar-refractivity contribution in [3.63, 3.8) is 0 Å². The first-order valence-corrected chi connectivity index (χ1v) is 10.6. The van der Waals surface area contributed by atoms with Gasteiger partial charge in [-0.2, -0.15) is 0 Å². The molecule has 0 saturated carbocycles. The number of aryl methyl sites for hydroxylation is 2. The number of anilines is 1. The molecule has 0 radical (unpaired) electrons. The van der Waals surface area contributed by atoms with Crippen molar-refractivity contribution in [3.8, 4) is 17.0 Å². The highest BCUT2D eigenvalue weighted by atomic mass is 35.5. The average molecular weight is 438 g/mol. The van der Waals surface area contributed by atoms with Crippen LogP contribution in [0.2, 0.25) is 5.02 Å². The van der Waals surface area contributed by atoms with Crippen molar-refractivity contribution < 1.29 is 9.53 Å². The van der Waals surface area contributed by atoms with Crippen LogP contribution in [0.25, 0.3) is 11.3 Å². The van der Waals surface area contributed by atoms with Crippen LogP contribution in [0.1, 0.15) is 11.1 Å². The molecule has 1 aromatic carbocycles. The Balaban J connectivity index is 1.29. The van der Waals surface area contributed by atoms with Gasteiger partial charge in [0, 0.05) is 49.2 Å². The maximum atomic E-state index is 12.6. The molecule has 2 aromatic heterocycles. The van der Waals surface area contributed by atoms with Gasteiger partial charge in [0.05, 0.1) is 5.69 Å². The fraction of sp³-hybridized carbons (Fsp3) is 0.304. The highest BCUT2D eigenvalue weighted by molar-refractivity contribution is 6.32. The minimum atomic E-state index is -0.0251. The van der Waals surface area contributed by atoms with Gasteiger partial charge in [-0.25, -0.2) is 0 Å². The van der Waals surface area contributed by atoms with E-state index >= 15 is 0 Å². The molecule has 7 nitrogen and oxygen atoms in total. The Labute approximate surface area is 186 Å². The van der Waals surface area contributed by atoms with Crippen molar-refractivity contribution >= 4 is 23.3 Å². The fourth-order valence-electron chi connectivity index (χ4n) is 3.57. The molecule has 0 spiro atoms. The van der Waals surface area contributed by atoms with Crippen LogP contribution < -0.4 is 9.64 Å². The van der Waals surface area contributed by atoms with Gasteiger partial charge in [-0.3, -0.25) is 9.78 Å². The number of ether oxygens (including phenoxy) is 1. The van der Waals surface area contributed by atoms with Crippen molar-refractivity contribution in [2.75, 3.05) is 37.7 Å². The molecule has 160 valence electrons. The molecule has 1 saturated heterocycles. The summed E-state index contributed by atoms with van der Waals surface area (Å²) in [7, 11) is 0. The second-order valence-electron chi connectivity index (χ2n) is 7.55. The summed E-state index contributed by atoms with van der Waals surface area (Å²) >= 11 is 6.19. The topological polar surface area (TPSA) is 71.5 Å². The number of piperazine rings is 1. The van der Waals surface area contributed by atoms with E-state index in [1.807, 2.05) is 55.1 Å². The molecule has 1 aliphatic heterocycles. The first-order chi connectivity index (χ1) is 15.0. The molecule has 0 unspecified atom stereocenters. The number of benzene rings is 1. The highest BCUT2D eigenvalue weighted by Gasteiger charge is 2.22. The number of halogens is 1. The smallest absolute Gasteiger partial charge is 0.260 e. The number of aromatic nitrogens is 3. The van der Waals surface area contributed by atoms with Gasteiger partial charge in [0.1, 0.15) is 5.75 Å². The number of pyridine rings is 1. The summed E-state index contributed by atoms with van der Waals surface area (Å²) in [6, 6.07) is 11.4. The van der Waals surface area contributed by atoms with Gasteiger partial charge in [0.15, 0.2) is 12.4 Å². The van der Waals surface area contributed by atoms with Gasteiger partial charge in [-0.1, -0.05) is 11.6 Å². The van der Waals surface area contributed by atoms with Crippen LogP contribution in [0.15, 0.2) is 48.8 Å². The Bertz CT molecular complexity index is 1030. The van der Waals surface area contributed by atoms with Crippen LogP contribution in [0.4, 0.5) is 5.82 Å². The molecule has 1 fully saturated rings. The molecule has 1 amide bonds. The molecule has 0 bridgehead atoms. The normalized spacial score (nSPS) is 13.9. The third-order valence-corrected chi connectivity index (χ3v) is 5.93. The zero-order valence-electron chi connectivity index (χ0n) is 17.6. The molecule has 4 rings (SSSR count). The van der Waals surface area contributed by atoms with E-state index in [4.69, 9.17) is 16.3 Å². The summed E-state index contributed by atoms with van der Waals surface area (Å²) in [4.78, 5) is 20.6. The fourth-order valence-corrected chi connectivity index (χ4v) is 3.68. The quantitative estimate of drug-likeness (QED) is 0.608. The van der Waals surface area contributed by atoms with Gasteiger partial charge >= 0.3 is 0 Å². The SMILES string of the molecule is Cc1cc(OCC(=O)N2CCN(c3ccc(-c4cccnc4)nn3)CC2)cc(C)c1Cl. The summed E-state index contributed by atoms with van der Waals surface area (Å²) in [5.41, 5.74) is 3.60. The Morgan fingerprint density at radius 2 is 1.81 bits per heavy atom. The van der Waals surface area contributed by atoms with Crippen molar-refractivity contribution in [3.05, 3.63) is 64.9 Å². The second-order valence-corrected chi connectivity index (χ2v) is 7.92. The molecule has 0 N–H and O–H groups in total. The van der Waals surface area contributed by atoms with Crippen LogP contribution >= 0.6 is 11.6 Å². The van der Waals surface area contributed by atoms with E-state index in [-0.39, 0.29) is 12.5 Å². The number of hydrogen-bond donors (Lipinski definition) is 0. The lowest BCUT2D eigenvalue weighted by Gasteiger charge is -2.35. The standard InChI is InChI=1S/C23H24ClN5O2/c1-16-12-19(13-17(2)23(16)24)31-15-22(30)29-10-8-28(9-11-29)21-6-5-20(26-27-21)18-4-3-7-25-14-18/h3-7,12-14H,8-11,15H2,1-2H3. The highest BCUT2D eigenvalue weighted by Crippen LogP contribution is 2.26. The Morgan fingerprint density at radius 1 is 1.06 bits per heavy atom. The number of rotatable bonds is 5. The third-order valence-electron chi connectivity index (χ3n) is 5.34. The predicted molar refractivity (Wildman–Crippen MR) is 120 cm³/mol. The largest absolute Gasteiger partial charge is 0.484 e. The summed E-state index contributed by atoms with van der Waals surface area (Å²) in [6.45, 7) is 6.50. The minimum Gasteiger partial charge on any atom is -0.484 e. The summed E-state index contributed by atoms with van der Waals surface area (Å²) in [6.07, 6.45) is 3.50. The number of hydrogen-bond acceptors (Lipinski definition) is 6. The lowest BCUT2D eigenvalue weighted by molar-refractivity contribution is -0.133. The summed E-state index contributed by atoms with van der Waals surface area (Å²) < 4.78 is 5.71. The van der Waals surface area contributed by atoms with E-state index in [9.17, 15) is 4.79 Å². The Morgan fingerprint density at radius 3 is 2.42 bits per heavy atom. The first kappa shape index (κ1) is 21.1. The first-order valence-electron chi connectivity index (χ1n) is 10.2. The zero-order chi connectivity index (χ0) is 21.8. The van der Waals surface area contributed by atoms with Gasteiger partial charge in [0.2, 0.25) is 0 Å². The molecular weight excluding hydrogens is 414 g/mol. The number of nitrogens with zero attached hydrogens (tertiary/aromatic N) is 5. The molecular formula is C23H24ClN5O2. The molecule has 3 aromatic rings. The van der Waals surface area contributed by atoms with E-state index in [0.29, 0.717) is 31.9 Å². The van der Waals surface area contributed by atoms with Crippen LogP contribution in [0, 0.1) is 13.8 Å². The average Bonchev–Trinajstić information content (AvgIpc) is 2.81. The third kappa shape index (κ3) is 4.94.